The van der Waals surface area contributed by atoms with Crippen LogP contribution in [0.15, 0.2) is 30.3 Å². The topological polar surface area (TPSA) is 105 Å². The lowest BCUT2D eigenvalue weighted by Gasteiger charge is -2.16. The van der Waals surface area contributed by atoms with Gasteiger partial charge in [0.2, 0.25) is 0 Å². The van der Waals surface area contributed by atoms with Crippen molar-refractivity contribution in [2.75, 3.05) is 13.2 Å². The number of carbonyl (C=O) groups is 2. The van der Waals surface area contributed by atoms with E-state index in [-0.39, 0.29) is 43.9 Å². The lowest BCUT2D eigenvalue weighted by Crippen LogP contribution is -2.23. The van der Waals surface area contributed by atoms with E-state index >= 15 is 0 Å². The van der Waals surface area contributed by atoms with Crippen LogP contribution < -0.4 is 11.5 Å². The molecular formula is C11H16Cl2N2O4. The molecule has 0 aromatic heterocycles. The van der Waals surface area contributed by atoms with Crippen LogP contribution in [-0.4, -0.2) is 25.4 Å². The zero-order valence-electron chi connectivity index (χ0n) is 9.98. The molecule has 0 bridgehead atoms. The van der Waals surface area contributed by atoms with Crippen molar-refractivity contribution in [3.63, 3.8) is 0 Å². The van der Waals surface area contributed by atoms with Crippen LogP contribution in [0.3, 0.4) is 0 Å². The van der Waals surface area contributed by atoms with E-state index in [1.165, 1.54) is 0 Å². The van der Waals surface area contributed by atoms with Crippen molar-refractivity contribution in [3.8, 4) is 0 Å². The Balaban J connectivity index is 0. The van der Waals surface area contributed by atoms with Gasteiger partial charge in [-0.3, -0.25) is 0 Å². The van der Waals surface area contributed by atoms with E-state index in [1.54, 1.807) is 0 Å². The number of benzene rings is 1. The molecule has 0 atom stereocenters. The molecule has 108 valence electrons. The van der Waals surface area contributed by atoms with Gasteiger partial charge in [0.05, 0.1) is 5.92 Å². The normalized spacial score (nSPS) is 8.89. The predicted molar refractivity (Wildman–Crippen MR) is 74.7 cm³/mol. The summed E-state index contributed by atoms with van der Waals surface area (Å²) in [6, 6.07) is 9.18. The molecule has 0 saturated heterocycles. The predicted octanol–water partition coefficient (Wildman–Crippen LogP) is 1.80. The van der Waals surface area contributed by atoms with Crippen LogP contribution >= 0.6 is 24.8 Å². The summed E-state index contributed by atoms with van der Waals surface area (Å²) >= 11 is 0. The van der Waals surface area contributed by atoms with Crippen molar-refractivity contribution >= 4 is 37.0 Å². The second-order valence-electron chi connectivity index (χ2n) is 3.37. The molecule has 0 fully saturated rings. The Hall–Kier alpha value is -1.66. The third-order valence-electron chi connectivity index (χ3n) is 2.12. The molecule has 0 unspecified atom stereocenters. The van der Waals surface area contributed by atoms with Gasteiger partial charge in [-0.1, -0.05) is 30.3 Å². The number of primary amides is 2. The van der Waals surface area contributed by atoms with Crippen molar-refractivity contribution in [2.45, 2.75) is 5.92 Å². The number of amides is 2. The lowest BCUT2D eigenvalue weighted by molar-refractivity contribution is 0.116. The maximum atomic E-state index is 10.5. The van der Waals surface area contributed by atoms with Crippen molar-refractivity contribution < 1.29 is 19.1 Å². The summed E-state index contributed by atoms with van der Waals surface area (Å²) in [5.41, 5.74) is 10.6. The van der Waals surface area contributed by atoms with Gasteiger partial charge < -0.3 is 20.9 Å². The molecular weight excluding hydrogens is 295 g/mol. The summed E-state index contributed by atoms with van der Waals surface area (Å²) in [4.78, 5) is 21.1. The summed E-state index contributed by atoms with van der Waals surface area (Å²) in [5.74, 6) is -0.281. The molecule has 1 aromatic rings. The number of nitrogens with two attached hydrogens (primary N) is 2. The highest BCUT2D eigenvalue weighted by molar-refractivity contribution is 5.85. The van der Waals surface area contributed by atoms with Gasteiger partial charge in [-0.05, 0) is 5.56 Å². The molecule has 0 aliphatic heterocycles. The van der Waals surface area contributed by atoms with Crippen molar-refractivity contribution in [2.24, 2.45) is 11.5 Å². The zero-order valence-corrected chi connectivity index (χ0v) is 11.6. The Kier molecular flexibility index (Phi) is 10.6. The van der Waals surface area contributed by atoms with Gasteiger partial charge in [-0.25, -0.2) is 9.59 Å². The molecule has 1 rings (SSSR count). The maximum Gasteiger partial charge on any atom is 0.404 e. The molecule has 8 heteroatoms. The Bertz CT molecular complexity index is 372. The summed E-state index contributed by atoms with van der Waals surface area (Å²) in [5, 5.41) is 0. The van der Waals surface area contributed by atoms with E-state index in [0.29, 0.717) is 0 Å². The third kappa shape index (κ3) is 8.12. The average molecular weight is 311 g/mol. The van der Waals surface area contributed by atoms with Gasteiger partial charge in [0.1, 0.15) is 13.2 Å². The molecule has 2 amide bonds. The monoisotopic (exact) mass is 310 g/mol. The first-order chi connectivity index (χ1) is 8.09. The fourth-order valence-electron chi connectivity index (χ4n) is 1.33. The minimum absolute atomic E-state index is 0. The quantitative estimate of drug-likeness (QED) is 0.865. The van der Waals surface area contributed by atoms with Crippen LogP contribution in [0.25, 0.3) is 0 Å². The van der Waals surface area contributed by atoms with Crippen LogP contribution in [0.2, 0.25) is 0 Å². The van der Waals surface area contributed by atoms with E-state index in [9.17, 15) is 9.59 Å². The van der Waals surface area contributed by atoms with E-state index in [2.05, 4.69) is 0 Å². The molecule has 0 spiro atoms. The highest BCUT2D eigenvalue weighted by Gasteiger charge is 2.15. The highest BCUT2D eigenvalue weighted by Crippen LogP contribution is 2.16. The second kappa shape index (κ2) is 10.3. The van der Waals surface area contributed by atoms with Crippen LogP contribution in [0.4, 0.5) is 9.59 Å². The number of rotatable bonds is 5. The van der Waals surface area contributed by atoms with Crippen LogP contribution in [0, 0.1) is 0 Å². The molecule has 0 saturated carbocycles. The first-order valence-electron chi connectivity index (χ1n) is 4.99. The van der Waals surface area contributed by atoms with E-state index in [1.807, 2.05) is 30.3 Å². The molecule has 1 aromatic carbocycles. The first-order valence-corrected chi connectivity index (χ1v) is 4.99. The molecule has 0 radical (unpaired) electrons. The zero-order chi connectivity index (χ0) is 12.7. The van der Waals surface area contributed by atoms with Crippen molar-refractivity contribution in [3.05, 3.63) is 35.9 Å². The van der Waals surface area contributed by atoms with Crippen LogP contribution in [0.1, 0.15) is 11.5 Å². The standard InChI is InChI=1S/C11H14N2O4.2ClH/c12-10(14)16-6-9(7-17-11(13)15)8-4-2-1-3-5-8;;/h1-5,9H,6-7H2,(H2,12,14)(H2,13,15);2*1H. The Labute approximate surface area is 123 Å². The van der Waals surface area contributed by atoms with Crippen LogP contribution in [-0.2, 0) is 9.47 Å². The van der Waals surface area contributed by atoms with Gasteiger partial charge in [-0.2, -0.15) is 0 Å². The van der Waals surface area contributed by atoms with Gasteiger partial charge in [0.15, 0.2) is 0 Å². The lowest BCUT2D eigenvalue weighted by atomic mass is 10.0. The number of carbonyl (C=O) groups excluding carboxylic acids is 2. The maximum absolute atomic E-state index is 10.5. The number of halogens is 2. The molecule has 0 heterocycles. The summed E-state index contributed by atoms with van der Waals surface area (Å²) in [6.45, 7) is 0.0687. The second-order valence-corrected chi connectivity index (χ2v) is 3.37. The number of hydrogen-bond acceptors (Lipinski definition) is 4. The highest BCUT2D eigenvalue weighted by atomic mass is 35.5. The largest absolute Gasteiger partial charge is 0.449 e. The van der Waals surface area contributed by atoms with Crippen LogP contribution in [0.5, 0.6) is 0 Å². The fraction of sp³-hybridized carbons (Fsp3) is 0.273. The average Bonchev–Trinajstić information content (AvgIpc) is 2.29. The minimum Gasteiger partial charge on any atom is -0.449 e. The molecule has 0 aliphatic rings. The van der Waals surface area contributed by atoms with E-state index in [4.69, 9.17) is 20.9 Å². The van der Waals surface area contributed by atoms with Gasteiger partial charge in [-0.15, -0.1) is 24.8 Å². The minimum atomic E-state index is -0.870. The van der Waals surface area contributed by atoms with Crippen molar-refractivity contribution in [1.29, 1.82) is 0 Å². The van der Waals surface area contributed by atoms with Gasteiger partial charge >= 0.3 is 12.2 Å². The molecule has 4 N–H and O–H groups in total. The first kappa shape index (κ1) is 19.7. The summed E-state index contributed by atoms with van der Waals surface area (Å²) in [6.07, 6.45) is -1.74. The Morgan fingerprint density at radius 2 is 1.37 bits per heavy atom. The van der Waals surface area contributed by atoms with E-state index in [0.717, 1.165) is 5.56 Å². The third-order valence-corrected chi connectivity index (χ3v) is 2.12. The van der Waals surface area contributed by atoms with E-state index < -0.39 is 12.2 Å². The summed E-state index contributed by atoms with van der Waals surface area (Å²) < 4.78 is 9.39. The fourth-order valence-corrected chi connectivity index (χ4v) is 1.33. The molecule has 19 heavy (non-hydrogen) atoms. The SMILES string of the molecule is Cl.Cl.NC(=O)OCC(COC(N)=O)c1ccccc1. The number of ether oxygens (including phenoxy) is 2. The van der Waals surface area contributed by atoms with Gasteiger partial charge in [0.25, 0.3) is 0 Å². The summed E-state index contributed by atoms with van der Waals surface area (Å²) in [7, 11) is 0. The Morgan fingerprint density at radius 1 is 0.947 bits per heavy atom. The molecule has 0 aliphatic carbocycles. The Morgan fingerprint density at radius 3 is 1.74 bits per heavy atom. The smallest absolute Gasteiger partial charge is 0.404 e. The van der Waals surface area contributed by atoms with Gasteiger partial charge in [0, 0.05) is 0 Å². The number of hydrogen-bond donors (Lipinski definition) is 2. The molecule has 6 nitrogen and oxygen atoms in total. The van der Waals surface area contributed by atoms with Crippen molar-refractivity contribution in [1.82, 2.24) is 0 Å².